The molecule has 16 rings (SSSR count). The summed E-state index contributed by atoms with van der Waals surface area (Å²) >= 11 is 0. The summed E-state index contributed by atoms with van der Waals surface area (Å²) in [4.78, 5) is 76.4. The summed E-state index contributed by atoms with van der Waals surface area (Å²) in [5.74, 6) is 1.49. The number of halogens is 3. The van der Waals surface area contributed by atoms with Gasteiger partial charge in [-0.25, -0.2) is 14.6 Å². The molecule has 0 spiro atoms. The summed E-state index contributed by atoms with van der Waals surface area (Å²) in [6.07, 6.45) is 5.81. The Balaban J connectivity index is 0.000000135. The van der Waals surface area contributed by atoms with E-state index in [0.29, 0.717) is 75.4 Å². The minimum Gasteiger partial charge on any atom is -0.497 e. The number of methoxy groups -OCH3 is 2. The number of carbonyl (C=O) groups is 2. The summed E-state index contributed by atoms with van der Waals surface area (Å²) in [5.41, 5.74) is 9.31. The summed E-state index contributed by atoms with van der Waals surface area (Å²) in [7, 11) is 3.26. The van der Waals surface area contributed by atoms with Crippen LogP contribution >= 0.6 is 0 Å². The Bertz CT molecular complexity index is 5500. The Labute approximate surface area is 669 Å². The molecular weight excluding hydrogens is 1470 g/mol. The minimum atomic E-state index is -4.56. The van der Waals surface area contributed by atoms with E-state index in [1.165, 1.54) is 56.8 Å². The first kappa shape index (κ1) is 82.9. The fourth-order valence-electron chi connectivity index (χ4n) is 16.8. The van der Waals surface area contributed by atoms with Crippen LogP contribution in [-0.4, -0.2) is 236 Å². The number of ether oxygens (including phenoxy) is 4. The largest absolute Gasteiger partial charge is 0.497 e. The van der Waals surface area contributed by atoms with E-state index in [4.69, 9.17) is 18.9 Å². The molecule has 12 aromatic rings. The number of nitrogens with one attached hydrogen (secondary N) is 4. The number of nitrogens with zero attached hydrogens (tertiary/aromatic N) is 12. The average Bonchev–Trinajstić information content (AvgIpc) is 1.17. The average molecular weight is 1580 g/mol. The third-order valence-corrected chi connectivity index (χ3v) is 22.3. The van der Waals surface area contributed by atoms with Gasteiger partial charge in [-0.2, -0.15) is 13.2 Å². The molecule has 0 saturated carbocycles. The fourth-order valence-corrected chi connectivity index (χ4v) is 16.8. The van der Waals surface area contributed by atoms with E-state index >= 15 is 0 Å². The number of H-pyrrole nitrogens is 2. The number of amides is 2. The van der Waals surface area contributed by atoms with Crippen LogP contribution in [0.4, 0.5) is 22.8 Å². The van der Waals surface area contributed by atoms with Crippen molar-refractivity contribution in [2.75, 3.05) is 145 Å². The smallest absolute Gasteiger partial charge is 0.435 e. The number of carbonyl (C=O) groups excluding carboxylic acids is 2. The second-order valence-corrected chi connectivity index (χ2v) is 32.5. The van der Waals surface area contributed by atoms with E-state index in [-0.39, 0.29) is 28.6 Å². The highest BCUT2D eigenvalue weighted by Gasteiger charge is 2.37. The lowest BCUT2D eigenvalue weighted by Gasteiger charge is -2.35. The van der Waals surface area contributed by atoms with Crippen LogP contribution in [0, 0.1) is 20.8 Å². The van der Waals surface area contributed by atoms with Crippen LogP contribution in [0.1, 0.15) is 90.0 Å². The van der Waals surface area contributed by atoms with Gasteiger partial charge in [-0.1, -0.05) is 0 Å². The van der Waals surface area contributed by atoms with Crippen molar-refractivity contribution < 1.29 is 41.7 Å². The van der Waals surface area contributed by atoms with E-state index in [0.717, 1.165) is 174 Å². The lowest BCUT2D eigenvalue weighted by molar-refractivity contribution is -0.140. The quantitative estimate of drug-likeness (QED) is 0.0626. The van der Waals surface area contributed by atoms with Gasteiger partial charge < -0.3 is 77.4 Å². The molecule has 4 aliphatic heterocycles. The molecule has 4 saturated heterocycles. The fraction of sp³-hybridized carbons (Fsp3) is 0.477. The Kier molecular flexibility index (Phi) is 26.3. The minimum absolute atomic E-state index is 0.0384. The van der Waals surface area contributed by atoms with Crippen LogP contribution in [0.5, 0.6) is 11.5 Å². The van der Waals surface area contributed by atoms with Crippen molar-refractivity contribution in [2.24, 2.45) is 0 Å². The molecular formula is C88H113F3N16O8. The standard InChI is InChI=1S/C25H31F3N4O3.C24H32N4O3.C20H26N4O.C19H24N4O/c1-24(2,3)35-23(33)31-14-12-30(13-15-31)10-5-11-32-20-16-17(34-4)6-7-18(20)19-8-9-29-22(21(19)32)25(26,27)28;1-17-22-20(8-9-25-17)19-7-6-18(29)16-21(19)28(22)11-5-10-26-12-14-27(15-13-26)23(30)31-24(2,3)4;1-15-20-18(6-7-22-15)17-5-4-16(25-2)14-19(17)24(20)11-3-10-23-12-8-21-9-13-23;1-14-19-17(5-6-21-14)16-4-3-15(24)13-18(16)23(19)10-2-9-22-11-7-20-8-12-22/h6-9,16H,5,10-15H2,1-4H3;6-9,16,25H,5,10-15H2,1-4H3;4-7,14,21H,3,8-13H2,1-2H3;3-6,13,20-21H,2,7-12H2,1H3. The Morgan fingerprint density at radius 1 is 0.400 bits per heavy atom. The van der Waals surface area contributed by atoms with Crippen molar-refractivity contribution >= 4 is 99.4 Å². The molecule has 0 atom stereocenters. The van der Waals surface area contributed by atoms with Crippen molar-refractivity contribution in [3.05, 3.63) is 165 Å². The van der Waals surface area contributed by atoms with Gasteiger partial charge in [0.05, 0.1) is 64.0 Å². The molecule has 24 nitrogen and oxygen atoms in total. The van der Waals surface area contributed by atoms with Gasteiger partial charge in [-0.05, 0) is 187 Å². The highest BCUT2D eigenvalue weighted by Crippen LogP contribution is 2.40. The number of hydrogen-bond donors (Lipinski definition) is 4. The number of aryl methyl sites for hydroxylation is 7. The molecule has 0 radical (unpaired) electrons. The van der Waals surface area contributed by atoms with Gasteiger partial charge >= 0.3 is 18.4 Å². The van der Waals surface area contributed by atoms with Gasteiger partial charge in [0, 0.05) is 234 Å². The molecule has 614 valence electrons. The zero-order valence-corrected chi connectivity index (χ0v) is 68.6. The van der Waals surface area contributed by atoms with Crippen LogP contribution in [-0.2, 0) is 41.8 Å². The van der Waals surface area contributed by atoms with Crippen LogP contribution in [0.15, 0.2) is 131 Å². The molecule has 115 heavy (non-hydrogen) atoms. The third-order valence-electron chi connectivity index (χ3n) is 22.3. The second kappa shape index (κ2) is 36.4. The van der Waals surface area contributed by atoms with E-state index in [1.54, 1.807) is 70.0 Å². The highest BCUT2D eigenvalue weighted by molar-refractivity contribution is 6.11. The third kappa shape index (κ3) is 19.7. The number of aromatic nitrogens is 8. The first-order valence-electron chi connectivity index (χ1n) is 40.6. The molecule has 0 aliphatic carbocycles. The van der Waals surface area contributed by atoms with Crippen LogP contribution < -0.4 is 31.0 Å². The van der Waals surface area contributed by atoms with Crippen molar-refractivity contribution in [1.82, 2.24) is 78.2 Å². The Hall–Kier alpha value is -10.0. The molecule has 4 aliphatic rings. The van der Waals surface area contributed by atoms with E-state index < -0.39 is 23.1 Å². The molecule has 12 heterocycles. The van der Waals surface area contributed by atoms with Gasteiger partial charge in [-0.15, -0.1) is 0 Å². The lowest BCUT2D eigenvalue weighted by atomic mass is 10.1. The predicted molar refractivity (Wildman–Crippen MR) is 453 cm³/mol. The summed E-state index contributed by atoms with van der Waals surface area (Å²) in [5, 5.41) is 15.3. The topological polar surface area (TPSA) is 226 Å². The van der Waals surface area contributed by atoms with Gasteiger partial charge in [0.15, 0.2) is 16.6 Å². The van der Waals surface area contributed by atoms with Gasteiger partial charge in [0.25, 0.3) is 0 Å². The molecule has 4 fully saturated rings. The summed E-state index contributed by atoms with van der Waals surface area (Å²) < 4.78 is 72.0. The van der Waals surface area contributed by atoms with Gasteiger partial charge in [0.1, 0.15) is 22.7 Å². The SMILES string of the molecule is COc1ccc2c3ccnc(C(F)(F)F)c3n(CCCN3CCN(C(=O)OC(C)(C)C)CC3)c2c1.COc1ccc2c3ccnc(C)c3n(CCCN3CCNCC3)c2c1.Cc1[nH]ccc2c3ccc(=O)cc3n(CCCN3CCN(C(=O)OC(C)(C)C)CC3)c12.Cc1[nH]ccc2c3ccc(=O)cc3n(CCCN3CCNCC3)c12. The Morgan fingerprint density at radius 2 is 0.739 bits per heavy atom. The van der Waals surface area contributed by atoms with Crippen molar-refractivity contribution in [2.45, 2.75) is 132 Å². The van der Waals surface area contributed by atoms with Gasteiger partial charge in [-0.3, -0.25) is 24.4 Å². The zero-order chi connectivity index (χ0) is 81.3. The number of rotatable bonds is 18. The monoisotopic (exact) mass is 1580 g/mol. The van der Waals surface area contributed by atoms with Gasteiger partial charge in [0.2, 0.25) is 0 Å². The maximum atomic E-state index is 13.8. The lowest BCUT2D eigenvalue weighted by Crippen LogP contribution is -2.50. The van der Waals surface area contributed by atoms with Crippen LogP contribution in [0.25, 0.3) is 87.2 Å². The maximum Gasteiger partial charge on any atom is 0.435 e. The number of piperazine rings is 4. The van der Waals surface area contributed by atoms with E-state index in [2.05, 4.69) is 115 Å². The first-order chi connectivity index (χ1) is 55.2. The van der Waals surface area contributed by atoms with E-state index in [9.17, 15) is 32.3 Å². The summed E-state index contributed by atoms with van der Waals surface area (Å²) in [6.45, 7) is 39.1. The number of benzene rings is 4. The van der Waals surface area contributed by atoms with E-state index in [1.807, 2.05) is 78.3 Å². The van der Waals surface area contributed by atoms with Crippen molar-refractivity contribution in [3.63, 3.8) is 0 Å². The molecule has 0 unspecified atom stereocenters. The number of hydrogen-bond acceptors (Lipinski definition) is 16. The number of fused-ring (bicyclic) bond motifs is 12. The molecule has 8 aromatic heterocycles. The summed E-state index contributed by atoms with van der Waals surface area (Å²) in [6, 6.07) is 30.4. The number of aromatic amines is 2. The number of alkyl halides is 3. The second-order valence-electron chi connectivity index (χ2n) is 32.5. The normalized spacial score (nSPS) is 15.8. The van der Waals surface area contributed by atoms with Crippen LogP contribution in [0.3, 0.4) is 0 Å². The molecule has 4 aromatic carbocycles. The Morgan fingerprint density at radius 3 is 1.12 bits per heavy atom. The predicted octanol–water partition coefficient (Wildman–Crippen LogP) is 13.8. The number of pyridine rings is 4. The molecule has 0 bridgehead atoms. The first-order valence-corrected chi connectivity index (χ1v) is 40.6. The molecule has 2 amide bonds. The molecule has 27 heteroatoms. The molecule has 4 N–H and O–H groups in total. The van der Waals surface area contributed by atoms with Crippen molar-refractivity contribution in [1.29, 1.82) is 0 Å². The van der Waals surface area contributed by atoms with Crippen LogP contribution in [0.2, 0.25) is 0 Å². The maximum absolute atomic E-state index is 13.8. The van der Waals surface area contributed by atoms with Crippen molar-refractivity contribution in [3.8, 4) is 11.5 Å². The highest BCUT2D eigenvalue weighted by atomic mass is 19.4. The zero-order valence-electron chi connectivity index (χ0n) is 68.6.